The number of rotatable bonds is 8. The van der Waals surface area contributed by atoms with E-state index in [0.29, 0.717) is 48.4 Å². The lowest BCUT2D eigenvalue weighted by molar-refractivity contribution is -0.139. The minimum Gasteiger partial charge on any atom is -0.496 e. The second-order valence-corrected chi connectivity index (χ2v) is 11.7. The maximum Gasteiger partial charge on any atom is 0.338 e. The van der Waals surface area contributed by atoms with Crippen LogP contribution in [0.15, 0.2) is 69.6 Å². The number of aromatic nitrogens is 2. The molecule has 0 saturated heterocycles. The third kappa shape index (κ3) is 5.35. The molecule has 0 radical (unpaired) electrons. The first kappa shape index (κ1) is 29.9. The summed E-state index contributed by atoms with van der Waals surface area (Å²) in [4.78, 5) is 33.0. The van der Waals surface area contributed by atoms with E-state index >= 15 is 0 Å². The van der Waals surface area contributed by atoms with Crippen molar-refractivity contribution in [3.05, 3.63) is 112 Å². The molecule has 0 amide bonds. The van der Waals surface area contributed by atoms with Gasteiger partial charge in [0.25, 0.3) is 5.56 Å². The Morgan fingerprint density at radius 2 is 1.86 bits per heavy atom. The van der Waals surface area contributed by atoms with Gasteiger partial charge in [-0.3, -0.25) is 9.36 Å². The quantitative estimate of drug-likeness (QED) is 0.216. The molecular formula is C32H31Cl2N3O4S. The molecule has 2 aromatic heterocycles. The van der Waals surface area contributed by atoms with Crippen LogP contribution in [0.3, 0.4) is 0 Å². The first-order valence-electron chi connectivity index (χ1n) is 13.7. The number of ether oxygens (including phenoxy) is 2. The van der Waals surface area contributed by atoms with Gasteiger partial charge in [0.05, 0.1) is 39.6 Å². The number of hydrogen-bond donors (Lipinski definition) is 0. The van der Waals surface area contributed by atoms with Crippen LogP contribution in [0.2, 0.25) is 10.0 Å². The van der Waals surface area contributed by atoms with E-state index in [1.165, 1.54) is 11.3 Å². The summed E-state index contributed by atoms with van der Waals surface area (Å²) in [6, 6.07) is 14.2. The van der Waals surface area contributed by atoms with Gasteiger partial charge in [-0.05, 0) is 69.2 Å². The Kier molecular flexibility index (Phi) is 8.78. The van der Waals surface area contributed by atoms with Crippen LogP contribution >= 0.6 is 34.5 Å². The van der Waals surface area contributed by atoms with Gasteiger partial charge in [0, 0.05) is 22.6 Å². The third-order valence-corrected chi connectivity index (χ3v) is 8.97. The Hall–Kier alpha value is -3.59. The van der Waals surface area contributed by atoms with E-state index < -0.39 is 12.0 Å². The number of methoxy groups -OCH3 is 1. The maximum absolute atomic E-state index is 14.2. The molecule has 1 aliphatic rings. The fourth-order valence-corrected chi connectivity index (χ4v) is 6.71. The second-order valence-electron chi connectivity index (χ2n) is 9.92. The summed E-state index contributed by atoms with van der Waals surface area (Å²) in [7, 11) is 1.58. The number of thiazole rings is 1. The fraction of sp³-hybridized carbons (Fsp3) is 0.281. The molecule has 3 heterocycles. The Labute approximate surface area is 258 Å². The highest BCUT2D eigenvalue weighted by Gasteiger charge is 2.35. The van der Waals surface area contributed by atoms with Crippen molar-refractivity contribution in [3.8, 4) is 11.4 Å². The Morgan fingerprint density at radius 3 is 2.55 bits per heavy atom. The standard InChI is InChI=1S/C32H31Cl2N3O4S/c1-6-10-25-28(31(39)41-7-2)29(22-11-8-9-12-26(22)40-5)37-30(38)27(42-32(37)35-25)16-20-15-18(3)36(19(20)4)21-13-14-23(33)24(34)17-21/h8-9,11-17,29H,6-7,10H2,1-5H3/t29-/m0/s1. The van der Waals surface area contributed by atoms with Crippen LogP contribution in [0.4, 0.5) is 0 Å². The molecule has 5 rings (SSSR count). The number of allylic oxidation sites excluding steroid dienone is 1. The van der Waals surface area contributed by atoms with E-state index in [1.54, 1.807) is 24.7 Å². The molecule has 0 saturated carbocycles. The zero-order valence-electron chi connectivity index (χ0n) is 24.0. The van der Waals surface area contributed by atoms with Crippen LogP contribution in [0.1, 0.15) is 55.2 Å². The first-order valence-corrected chi connectivity index (χ1v) is 15.3. The molecule has 7 nitrogen and oxygen atoms in total. The minimum atomic E-state index is -0.746. The highest BCUT2D eigenvalue weighted by atomic mass is 35.5. The first-order chi connectivity index (χ1) is 20.2. The Balaban J connectivity index is 1.74. The predicted molar refractivity (Wildman–Crippen MR) is 168 cm³/mol. The van der Waals surface area contributed by atoms with Gasteiger partial charge >= 0.3 is 5.97 Å². The number of aryl methyl sites for hydroxylation is 1. The number of para-hydroxylation sites is 1. The zero-order valence-corrected chi connectivity index (χ0v) is 26.4. The summed E-state index contributed by atoms with van der Waals surface area (Å²) < 4.78 is 15.3. The smallest absolute Gasteiger partial charge is 0.338 e. The summed E-state index contributed by atoms with van der Waals surface area (Å²) in [6.07, 6.45) is 3.22. The van der Waals surface area contributed by atoms with E-state index in [4.69, 9.17) is 37.7 Å². The number of carbonyl (C=O) groups is 1. The van der Waals surface area contributed by atoms with E-state index in [0.717, 1.165) is 29.1 Å². The molecule has 10 heteroatoms. The van der Waals surface area contributed by atoms with Crippen molar-refractivity contribution in [3.63, 3.8) is 0 Å². The van der Waals surface area contributed by atoms with Crippen LogP contribution in [0.25, 0.3) is 11.8 Å². The molecule has 0 unspecified atom stereocenters. The number of esters is 1. The lowest BCUT2D eigenvalue weighted by Crippen LogP contribution is -2.40. The molecule has 0 fully saturated rings. The minimum absolute atomic E-state index is 0.208. The van der Waals surface area contributed by atoms with Gasteiger partial charge in [0.2, 0.25) is 0 Å². The second kappa shape index (κ2) is 12.3. The number of halogens is 2. The fourth-order valence-electron chi connectivity index (χ4n) is 5.40. The number of fused-ring (bicyclic) bond motifs is 1. The number of nitrogens with zero attached hydrogens (tertiary/aromatic N) is 3. The summed E-state index contributed by atoms with van der Waals surface area (Å²) in [5, 5.41) is 0.951. The van der Waals surface area contributed by atoms with Gasteiger partial charge in [-0.1, -0.05) is 66.1 Å². The Morgan fingerprint density at radius 1 is 1.10 bits per heavy atom. The van der Waals surface area contributed by atoms with E-state index in [-0.39, 0.29) is 12.2 Å². The van der Waals surface area contributed by atoms with Crippen LogP contribution in [-0.2, 0) is 9.53 Å². The molecule has 42 heavy (non-hydrogen) atoms. The van der Waals surface area contributed by atoms with Gasteiger partial charge in [-0.2, -0.15) is 0 Å². The van der Waals surface area contributed by atoms with Gasteiger partial charge in [0.15, 0.2) is 4.80 Å². The highest BCUT2D eigenvalue weighted by Crippen LogP contribution is 2.37. The molecule has 1 atom stereocenters. The van der Waals surface area contributed by atoms with Gasteiger partial charge < -0.3 is 14.0 Å². The molecular weight excluding hydrogens is 593 g/mol. The molecule has 0 aliphatic carbocycles. The van der Waals surface area contributed by atoms with E-state index in [9.17, 15) is 9.59 Å². The third-order valence-electron chi connectivity index (χ3n) is 7.24. The molecule has 0 N–H and O–H groups in total. The largest absolute Gasteiger partial charge is 0.496 e. The lowest BCUT2D eigenvalue weighted by Gasteiger charge is -2.26. The zero-order chi connectivity index (χ0) is 30.1. The summed E-state index contributed by atoms with van der Waals surface area (Å²) in [5.41, 5.74) is 5.11. The molecule has 0 bridgehead atoms. The van der Waals surface area contributed by atoms with Crippen molar-refractivity contribution in [1.82, 2.24) is 9.13 Å². The summed E-state index contributed by atoms with van der Waals surface area (Å²) >= 11 is 13.8. The number of benzene rings is 2. The van der Waals surface area contributed by atoms with Crippen molar-refractivity contribution < 1.29 is 14.3 Å². The SMILES string of the molecule is CCCC1=C(C(=O)OCC)[C@H](c2ccccc2OC)n2c(sc(=Cc3cc(C)n(-c4ccc(Cl)c(Cl)c4)c3C)c2=O)=N1. The van der Waals surface area contributed by atoms with Crippen molar-refractivity contribution in [2.45, 2.75) is 46.6 Å². The van der Waals surface area contributed by atoms with Crippen molar-refractivity contribution in [1.29, 1.82) is 0 Å². The number of carbonyl (C=O) groups excluding carboxylic acids is 1. The molecule has 4 aromatic rings. The number of hydrogen-bond acceptors (Lipinski definition) is 6. The van der Waals surface area contributed by atoms with Crippen molar-refractivity contribution >= 4 is 46.6 Å². The lowest BCUT2D eigenvalue weighted by atomic mass is 9.93. The van der Waals surface area contributed by atoms with Crippen LogP contribution in [0, 0.1) is 13.8 Å². The van der Waals surface area contributed by atoms with Crippen LogP contribution in [0.5, 0.6) is 5.75 Å². The van der Waals surface area contributed by atoms with Gasteiger partial charge in [0.1, 0.15) is 11.8 Å². The van der Waals surface area contributed by atoms with Gasteiger partial charge in [-0.15, -0.1) is 0 Å². The van der Waals surface area contributed by atoms with Gasteiger partial charge in [-0.25, -0.2) is 9.79 Å². The normalized spacial score (nSPS) is 15.0. The van der Waals surface area contributed by atoms with Crippen molar-refractivity contribution in [2.24, 2.45) is 4.99 Å². The van der Waals surface area contributed by atoms with Crippen molar-refractivity contribution in [2.75, 3.05) is 13.7 Å². The summed E-state index contributed by atoms with van der Waals surface area (Å²) in [6.45, 7) is 7.99. The maximum atomic E-state index is 14.2. The predicted octanol–water partition coefficient (Wildman–Crippen LogP) is 6.30. The molecule has 2 aromatic carbocycles. The van der Waals surface area contributed by atoms with E-state index in [2.05, 4.69) is 4.57 Å². The monoisotopic (exact) mass is 623 g/mol. The molecule has 218 valence electrons. The molecule has 1 aliphatic heterocycles. The van der Waals surface area contributed by atoms with Crippen LogP contribution in [-0.4, -0.2) is 28.8 Å². The Bertz CT molecular complexity index is 1900. The highest BCUT2D eigenvalue weighted by molar-refractivity contribution is 7.07. The topological polar surface area (TPSA) is 74.8 Å². The molecule has 0 spiro atoms. The average molecular weight is 625 g/mol. The van der Waals surface area contributed by atoms with E-state index in [1.807, 2.05) is 69.3 Å². The van der Waals surface area contributed by atoms with Crippen LogP contribution < -0.4 is 19.6 Å². The average Bonchev–Trinajstić information content (AvgIpc) is 3.43. The summed E-state index contributed by atoms with van der Waals surface area (Å²) in [5.74, 6) is 0.0851.